The number of nitrogens with one attached hydrogen (secondary N) is 2. The molecular weight excluding hydrogens is 935 g/mol. The number of nitrogens with zero attached hydrogens (tertiary/aromatic N) is 5. The first-order valence-electron chi connectivity index (χ1n) is 21.8. The number of benzene rings is 4. The molecule has 2 heterocycles. The van der Waals surface area contributed by atoms with Gasteiger partial charge in [-0.3, -0.25) is 39.3 Å². The average Bonchev–Trinajstić information content (AvgIpc) is 3.28. The minimum atomic E-state index is -3.52. The standard InChI is InChI=1S/C26H30N4O5S.C25H27N3O5S/c1-16-13-17(2)23(18(3)14-16)35-25-21(11-12-22(28-25)26(4,5)6)24(31)29-36(34,27-7)20-10-8-9-19(15-20)30(32)33;1-15-12-16(2)22(17(3)13-15)33-24-20(10-11-21(26-24)25(4,5)6)23(29)27-34(32)19-9-7-8-18(14-19)28(30)31/h8-15H,1-7H3,(H,27,29,31,34);7-14H,1-6H3,(H,27,29). The van der Waals surface area contributed by atoms with Crippen LogP contribution >= 0.6 is 0 Å². The van der Waals surface area contributed by atoms with E-state index >= 15 is 0 Å². The number of pyridine rings is 2. The minimum Gasteiger partial charge on any atom is -0.438 e. The molecule has 0 aliphatic rings. The summed E-state index contributed by atoms with van der Waals surface area (Å²) in [5.41, 5.74) is 6.21. The van der Waals surface area contributed by atoms with Gasteiger partial charge in [-0.15, -0.1) is 0 Å². The summed E-state index contributed by atoms with van der Waals surface area (Å²) in [5, 5.41) is 22.2. The number of amides is 2. The van der Waals surface area contributed by atoms with Crippen LogP contribution in [0.25, 0.3) is 0 Å². The molecule has 0 saturated heterocycles. The number of carbonyl (C=O) groups excluding carboxylic acids is 2. The molecule has 2 aromatic heterocycles. The SMILES string of the molecule is CN=S(=O)(NC(=O)c1ccc(C(C)(C)C)nc1Oc1c(C)cc(C)cc1C)c1cccc([N+](=O)[O-])c1.Cc1cc(C)c(Oc2nc(C(C)(C)C)ccc2C(=O)NS(=O)c2cccc([N+](=O)[O-])c2)c(C)c1. The van der Waals surface area contributed by atoms with E-state index in [1.165, 1.54) is 43.4 Å². The fourth-order valence-electron chi connectivity index (χ4n) is 7.14. The second-order valence-corrected chi connectivity index (χ2v) is 21.9. The quantitative estimate of drug-likeness (QED) is 0.0860. The highest BCUT2D eigenvalue weighted by atomic mass is 32.2. The molecule has 2 amide bonds. The molecular formula is C51H57N7O10S2. The van der Waals surface area contributed by atoms with Gasteiger partial charge < -0.3 is 9.47 Å². The van der Waals surface area contributed by atoms with E-state index in [0.29, 0.717) is 17.2 Å². The summed E-state index contributed by atoms with van der Waals surface area (Å²) in [6.45, 7) is 23.6. The monoisotopic (exact) mass is 991 g/mol. The van der Waals surface area contributed by atoms with Gasteiger partial charge in [0.1, 0.15) is 22.6 Å². The lowest BCUT2D eigenvalue weighted by molar-refractivity contribution is -0.385. The van der Waals surface area contributed by atoms with Crippen LogP contribution in [0.5, 0.6) is 23.3 Å². The van der Waals surface area contributed by atoms with Crippen molar-refractivity contribution in [3.63, 3.8) is 0 Å². The predicted molar refractivity (Wildman–Crippen MR) is 270 cm³/mol. The molecule has 2 atom stereocenters. The third-order valence-electron chi connectivity index (χ3n) is 10.6. The van der Waals surface area contributed by atoms with Gasteiger partial charge in [0.05, 0.1) is 19.6 Å². The first-order chi connectivity index (χ1) is 32.6. The maximum Gasteiger partial charge on any atom is 0.270 e. The molecule has 17 nitrogen and oxygen atoms in total. The van der Waals surface area contributed by atoms with Gasteiger partial charge in [0.25, 0.3) is 23.2 Å². The molecule has 2 unspecified atom stereocenters. The number of rotatable bonds is 12. The molecule has 6 rings (SSSR count). The Morgan fingerprint density at radius 1 is 0.629 bits per heavy atom. The molecule has 0 bridgehead atoms. The Hall–Kier alpha value is -7.38. The lowest BCUT2D eigenvalue weighted by Crippen LogP contribution is -2.31. The zero-order valence-electron chi connectivity index (χ0n) is 41.4. The van der Waals surface area contributed by atoms with Crippen LogP contribution in [0.15, 0.2) is 111 Å². The molecule has 0 aliphatic heterocycles. The van der Waals surface area contributed by atoms with Crippen LogP contribution < -0.4 is 18.9 Å². The Morgan fingerprint density at radius 2 is 1.04 bits per heavy atom. The van der Waals surface area contributed by atoms with E-state index in [9.17, 15) is 38.2 Å². The molecule has 70 heavy (non-hydrogen) atoms. The van der Waals surface area contributed by atoms with Crippen LogP contribution in [0.4, 0.5) is 11.4 Å². The van der Waals surface area contributed by atoms with Crippen molar-refractivity contribution in [2.75, 3.05) is 7.05 Å². The number of carbonyl (C=O) groups is 2. The lowest BCUT2D eigenvalue weighted by Gasteiger charge is -2.21. The van der Waals surface area contributed by atoms with Gasteiger partial charge in [-0.25, -0.2) is 22.7 Å². The van der Waals surface area contributed by atoms with Crippen LogP contribution in [-0.4, -0.2) is 47.1 Å². The van der Waals surface area contributed by atoms with Crippen LogP contribution in [0.1, 0.15) is 107 Å². The van der Waals surface area contributed by atoms with Crippen molar-refractivity contribution in [1.82, 2.24) is 19.4 Å². The van der Waals surface area contributed by atoms with Gasteiger partial charge >= 0.3 is 0 Å². The number of aromatic nitrogens is 2. The van der Waals surface area contributed by atoms with Crippen LogP contribution in [-0.2, 0) is 31.7 Å². The second-order valence-electron chi connectivity index (χ2n) is 18.6. The van der Waals surface area contributed by atoms with Crippen molar-refractivity contribution < 1.29 is 37.3 Å². The van der Waals surface area contributed by atoms with Gasteiger partial charge in [0.2, 0.25) is 11.8 Å². The van der Waals surface area contributed by atoms with Gasteiger partial charge in [0.15, 0.2) is 20.9 Å². The summed E-state index contributed by atoms with van der Waals surface area (Å²) < 4.78 is 47.4. The van der Waals surface area contributed by atoms with E-state index in [1.54, 1.807) is 24.3 Å². The van der Waals surface area contributed by atoms with Gasteiger partial charge in [0, 0.05) is 53.5 Å². The van der Waals surface area contributed by atoms with E-state index in [0.717, 1.165) is 51.2 Å². The summed E-state index contributed by atoms with van der Waals surface area (Å²) >= 11 is 0. The van der Waals surface area contributed by atoms with Crippen molar-refractivity contribution >= 4 is 44.1 Å². The summed E-state index contributed by atoms with van der Waals surface area (Å²) in [6, 6.07) is 25.0. The third kappa shape index (κ3) is 13.0. The Labute approximate surface area is 410 Å². The van der Waals surface area contributed by atoms with Crippen molar-refractivity contribution in [2.45, 2.75) is 104 Å². The highest BCUT2D eigenvalue weighted by molar-refractivity contribution is 7.92. The number of hydrogen-bond donors (Lipinski definition) is 2. The lowest BCUT2D eigenvalue weighted by atomic mass is 9.91. The van der Waals surface area contributed by atoms with E-state index in [-0.39, 0.29) is 54.9 Å². The normalized spacial score (nSPS) is 12.6. The van der Waals surface area contributed by atoms with E-state index in [2.05, 4.69) is 23.8 Å². The number of nitro benzene ring substituents is 2. The minimum absolute atomic E-state index is 0.0134. The van der Waals surface area contributed by atoms with E-state index in [1.807, 2.05) is 107 Å². The first kappa shape index (κ1) is 53.6. The molecule has 0 spiro atoms. The van der Waals surface area contributed by atoms with Gasteiger partial charge in [-0.2, -0.15) is 0 Å². The zero-order valence-corrected chi connectivity index (χ0v) is 43.0. The summed E-state index contributed by atoms with van der Waals surface area (Å²) in [7, 11) is -4.26. The van der Waals surface area contributed by atoms with Crippen molar-refractivity contribution in [3.05, 3.63) is 173 Å². The van der Waals surface area contributed by atoms with E-state index < -0.39 is 42.6 Å². The third-order valence-corrected chi connectivity index (χ3v) is 13.5. The molecule has 0 saturated carbocycles. The zero-order chi connectivity index (χ0) is 52.0. The fourth-order valence-corrected chi connectivity index (χ4v) is 9.29. The van der Waals surface area contributed by atoms with Crippen molar-refractivity contribution in [3.8, 4) is 23.3 Å². The van der Waals surface area contributed by atoms with Crippen molar-refractivity contribution in [2.24, 2.45) is 4.36 Å². The number of aryl methyl sites for hydroxylation is 6. The van der Waals surface area contributed by atoms with Crippen LogP contribution in [0.2, 0.25) is 0 Å². The second kappa shape index (κ2) is 21.5. The Kier molecular flexibility index (Phi) is 16.5. The fraction of sp³-hybridized carbons (Fsp3) is 0.294. The number of hydrogen-bond acceptors (Lipinski definition) is 13. The van der Waals surface area contributed by atoms with Gasteiger partial charge in [-0.05, 0) is 100 Å². The molecule has 2 N–H and O–H groups in total. The topological polar surface area (TPSA) is 235 Å². The Morgan fingerprint density at radius 3 is 1.46 bits per heavy atom. The molecule has 19 heteroatoms. The molecule has 6 aromatic rings. The first-order valence-corrected chi connectivity index (χ1v) is 24.5. The summed E-state index contributed by atoms with van der Waals surface area (Å²) in [4.78, 5) is 56.9. The van der Waals surface area contributed by atoms with Crippen LogP contribution in [0, 0.1) is 61.8 Å². The number of ether oxygens (including phenoxy) is 2. The molecule has 0 fully saturated rings. The summed E-state index contributed by atoms with van der Waals surface area (Å²) in [5.74, 6) is -0.0774. The largest absolute Gasteiger partial charge is 0.438 e. The number of non-ortho nitro benzene ring substituents is 2. The smallest absolute Gasteiger partial charge is 0.270 e. The predicted octanol–water partition coefficient (Wildman–Crippen LogP) is 11.3. The van der Waals surface area contributed by atoms with Crippen LogP contribution in [0.3, 0.4) is 0 Å². The number of nitro groups is 2. The summed E-state index contributed by atoms with van der Waals surface area (Å²) in [6.07, 6.45) is 0. The maximum absolute atomic E-state index is 13.6. The van der Waals surface area contributed by atoms with Crippen molar-refractivity contribution in [1.29, 1.82) is 0 Å². The molecule has 368 valence electrons. The molecule has 4 aromatic carbocycles. The highest BCUT2D eigenvalue weighted by Gasteiger charge is 2.27. The molecule has 0 aliphatic carbocycles. The Balaban J connectivity index is 0.000000261. The highest BCUT2D eigenvalue weighted by Crippen LogP contribution is 2.35. The Bertz CT molecular complexity index is 3140. The maximum atomic E-state index is 13.6. The van der Waals surface area contributed by atoms with E-state index in [4.69, 9.17) is 9.47 Å². The van der Waals surface area contributed by atoms with Gasteiger partial charge in [-0.1, -0.05) is 89.1 Å². The average molecular weight is 992 g/mol. The molecule has 0 radical (unpaired) electrons.